The fourth-order valence-electron chi connectivity index (χ4n) is 2.61. The molecule has 0 radical (unpaired) electrons. The van der Waals surface area contributed by atoms with Crippen LogP contribution in [0, 0.1) is 0 Å². The minimum atomic E-state index is -0.976. The molecule has 0 amide bonds. The molecule has 0 aliphatic heterocycles. The monoisotopic (exact) mass is 388 g/mol. The second-order valence-electron chi connectivity index (χ2n) is 8.57. The number of hydrogen-bond acceptors (Lipinski definition) is 4. The average Bonchev–Trinajstić information content (AvgIpc) is 2.53. The maximum absolute atomic E-state index is 10.9. The Morgan fingerprint density at radius 1 is 0.714 bits per heavy atom. The molecule has 2 rings (SSSR count). The number of carboxylic acid groups (broad SMARTS) is 2. The number of carbonyl (C=O) groups is 2. The van der Waals surface area contributed by atoms with Crippen molar-refractivity contribution in [1.29, 1.82) is 0 Å². The van der Waals surface area contributed by atoms with Crippen molar-refractivity contribution >= 4 is 11.9 Å². The van der Waals surface area contributed by atoms with Crippen LogP contribution >= 0.6 is 0 Å². The first-order valence-electron chi connectivity index (χ1n) is 8.78. The van der Waals surface area contributed by atoms with Gasteiger partial charge in [-0.15, -0.1) is 0 Å². The lowest BCUT2D eigenvalue weighted by Gasteiger charge is -2.21. The van der Waals surface area contributed by atoms with E-state index in [-0.39, 0.29) is 33.5 Å². The van der Waals surface area contributed by atoms with Crippen LogP contribution in [0.5, 0.6) is 11.5 Å². The Kier molecular flexibility index (Phi) is 6.85. The maximum Gasteiger partial charge on any atom is 0.335 e. The zero-order chi connectivity index (χ0) is 21.9. The summed E-state index contributed by atoms with van der Waals surface area (Å²) in [6.45, 7) is 11.5. The first kappa shape index (κ1) is 23.0. The molecule has 0 atom stereocenters. The predicted octanol–water partition coefficient (Wildman–Crippen LogP) is 4.78. The molecule has 0 heterocycles. The number of rotatable bonds is 2. The highest BCUT2D eigenvalue weighted by Crippen LogP contribution is 2.31. The molecule has 0 saturated carbocycles. The van der Waals surface area contributed by atoms with Crippen LogP contribution in [0.1, 0.15) is 73.4 Å². The first-order chi connectivity index (χ1) is 12.6. The van der Waals surface area contributed by atoms with Crippen molar-refractivity contribution in [1.82, 2.24) is 0 Å². The lowest BCUT2D eigenvalue weighted by molar-refractivity contribution is 0.0684. The topological polar surface area (TPSA) is 115 Å². The van der Waals surface area contributed by atoms with Crippen molar-refractivity contribution < 1.29 is 30.0 Å². The van der Waals surface area contributed by atoms with Crippen molar-refractivity contribution in [3.8, 4) is 11.5 Å². The summed E-state index contributed by atoms with van der Waals surface area (Å²) in [5, 5.41) is 36.6. The summed E-state index contributed by atoms with van der Waals surface area (Å²) in [4.78, 5) is 21.6. The van der Waals surface area contributed by atoms with Crippen LogP contribution in [-0.4, -0.2) is 32.4 Å². The highest BCUT2D eigenvalue weighted by Gasteiger charge is 2.22. The Balaban J connectivity index is 0.000000280. The largest absolute Gasteiger partial charge is 0.508 e. The van der Waals surface area contributed by atoms with Gasteiger partial charge in [0, 0.05) is 5.56 Å². The quantitative estimate of drug-likeness (QED) is 0.589. The molecule has 0 aliphatic carbocycles. The third-order valence-corrected chi connectivity index (χ3v) is 4.09. The highest BCUT2D eigenvalue weighted by molar-refractivity contribution is 5.90. The summed E-state index contributed by atoms with van der Waals surface area (Å²) in [7, 11) is 0. The van der Waals surface area contributed by atoms with Crippen molar-refractivity contribution in [3.05, 3.63) is 58.7 Å². The van der Waals surface area contributed by atoms with Gasteiger partial charge < -0.3 is 20.4 Å². The smallest absolute Gasteiger partial charge is 0.335 e. The normalized spacial score (nSPS) is 11.4. The molecular weight excluding hydrogens is 360 g/mol. The van der Waals surface area contributed by atoms with Gasteiger partial charge in [0.05, 0.1) is 11.1 Å². The van der Waals surface area contributed by atoms with Gasteiger partial charge in [-0.25, -0.2) is 9.59 Å². The van der Waals surface area contributed by atoms with Gasteiger partial charge in [0.1, 0.15) is 11.5 Å². The van der Waals surface area contributed by atoms with Gasteiger partial charge in [0.15, 0.2) is 0 Å². The van der Waals surface area contributed by atoms with Crippen LogP contribution in [0.2, 0.25) is 0 Å². The molecule has 4 N–H and O–H groups in total. The number of carboxylic acids is 2. The molecule has 0 spiro atoms. The van der Waals surface area contributed by atoms with Gasteiger partial charge in [-0.3, -0.25) is 0 Å². The minimum Gasteiger partial charge on any atom is -0.508 e. The molecule has 152 valence electrons. The second kappa shape index (κ2) is 8.33. The van der Waals surface area contributed by atoms with Gasteiger partial charge in [-0.05, 0) is 52.8 Å². The Labute approximate surface area is 165 Å². The van der Waals surface area contributed by atoms with Gasteiger partial charge in [-0.2, -0.15) is 0 Å². The molecule has 0 unspecified atom stereocenters. The van der Waals surface area contributed by atoms with E-state index in [2.05, 4.69) is 0 Å². The number of benzene rings is 2. The number of phenolic OH excluding ortho intramolecular Hbond substituents is 2. The summed E-state index contributed by atoms with van der Waals surface area (Å²) >= 11 is 0. The van der Waals surface area contributed by atoms with E-state index >= 15 is 0 Å². The third kappa shape index (κ3) is 6.01. The van der Waals surface area contributed by atoms with Crippen LogP contribution in [0.4, 0.5) is 0 Å². The lowest BCUT2D eigenvalue weighted by Crippen LogP contribution is -2.16. The van der Waals surface area contributed by atoms with E-state index in [1.807, 2.05) is 41.5 Å². The number of aromatic hydroxyl groups is 2. The second-order valence-corrected chi connectivity index (χ2v) is 8.57. The van der Waals surface area contributed by atoms with Crippen LogP contribution < -0.4 is 0 Å². The summed E-state index contributed by atoms with van der Waals surface area (Å²) < 4.78 is 0. The van der Waals surface area contributed by atoms with Crippen molar-refractivity contribution in [2.45, 2.75) is 52.4 Å². The standard InChI is InChI=1S/2C11H14O3/c1-11(2,3)8-6-7(10(13)14)4-5-9(8)12;1-11(2,3)9-6-7(12)4-5-8(9)10(13)14/h2*4-6,12H,1-3H3,(H,13,14). The summed E-state index contributed by atoms with van der Waals surface area (Å²) in [5.41, 5.74) is 1.20. The lowest BCUT2D eigenvalue weighted by atomic mass is 9.83. The van der Waals surface area contributed by atoms with Gasteiger partial charge in [0.2, 0.25) is 0 Å². The molecule has 0 bridgehead atoms. The van der Waals surface area contributed by atoms with E-state index in [1.165, 1.54) is 36.4 Å². The molecule has 6 heteroatoms. The van der Waals surface area contributed by atoms with Crippen molar-refractivity contribution in [2.24, 2.45) is 0 Å². The van der Waals surface area contributed by atoms with Gasteiger partial charge >= 0.3 is 11.9 Å². The zero-order valence-corrected chi connectivity index (χ0v) is 17.1. The average molecular weight is 388 g/mol. The molecule has 2 aromatic carbocycles. The van der Waals surface area contributed by atoms with Crippen LogP contribution in [0.25, 0.3) is 0 Å². The number of aromatic carboxylic acids is 2. The molecule has 0 saturated heterocycles. The van der Waals surface area contributed by atoms with E-state index in [0.717, 1.165) is 0 Å². The zero-order valence-electron chi connectivity index (χ0n) is 17.1. The van der Waals surface area contributed by atoms with Gasteiger partial charge in [0.25, 0.3) is 0 Å². The predicted molar refractivity (Wildman–Crippen MR) is 108 cm³/mol. The number of phenols is 2. The highest BCUT2D eigenvalue weighted by atomic mass is 16.4. The minimum absolute atomic E-state index is 0.0972. The molecular formula is C22H28O6. The molecule has 0 aliphatic rings. The Bertz CT molecular complexity index is 870. The van der Waals surface area contributed by atoms with Crippen molar-refractivity contribution in [2.75, 3.05) is 0 Å². The van der Waals surface area contributed by atoms with Crippen LogP contribution in [-0.2, 0) is 10.8 Å². The third-order valence-electron chi connectivity index (χ3n) is 4.09. The summed E-state index contributed by atoms with van der Waals surface area (Å²) in [6, 6.07) is 8.65. The SMILES string of the molecule is CC(C)(C)c1cc(C(=O)O)ccc1O.CC(C)(C)c1cc(O)ccc1C(=O)O. The van der Waals surface area contributed by atoms with E-state index in [1.54, 1.807) is 0 Å². The van der Waals surface area contributed by atoms with E-state index < -0.39 is 11.9 Å². The molecule has 6 nitrogen and oxygen atoms in total. The Hall–Kier alpha value is -3.02. The maximum atomic E-state index is 10.9. The molecule has 0 fully saturated rings. The van der Waals surface area contributed by atoms with E-state index in [9.17, 15) is 19.8 Å². The van der Waals surface area contributed by atoms with Crippen LogP contribution in [0.15, 0.2) is 36.4 Å². The van der Waals surface area contributed by atoms with E-state index in [0.29, 0.717) is 11.1 Å². The van der Waals surface area contributed by atoms with Crippen molar-refractivity contribution in [3.63, 3.8) is 0 Å². The van der Waals surface area contributed by atoms with Gasteiger partial charge in [-0.1, -0.05) is 41.5 Å². The Morgan fingerprint density at radius 2 is 1.25 bits per heavy atom. The molecule has 28 heavy (non-hydrogen) atoms. The fraction of sp³-hybridized carbons (Fsp3) is 0.364. The van der Waals surface area contributed by atoms with Crippen LogP contribution in [0.3, 0.4) is 0 Å². The summed E-state index contributed by atoms with van der Waals surface area (Å²) in [6.07, 6.45) is 0. The van der Waals surface area contributed by atoms with E-state index in [4.69, 9.17) is 10.2 Å². The molecule has 2 aromatic rings. The summed E-state index contributed by atoms with van der Waals surface area (Å²) in [5.74, 6) is -1.70. The Morgan fingerprint density at radius 3 is 1.68 bits per heavy atom. The first-order valence-corrected chi connectivity index (χ1v) is 8.78. The fourth-order valence-corrected chi connectivity index (χ4v) is 2.61. The molecule has 0 aromatic heterocycles. The number of hydrogen-bond donors (Lipinski definition) is 4.